The van der Waals surface area contributed by atoms with Crippen molar-refractivity contribution in [3.8, 4) is 17.2 Å². The van der Waals surface area contributed by atoms with E-state index in [1.165, 1.54) is 7.11 Å². The standard InChI is InChI=1S/C18H18O5/c1-21-16-10-5-7-14(13-19)18(16)23-17(20)11-6-12-22-15-8-3-2-4-9-15/h2-5,7-10,13H,6,11-12H2,1H3. The molecule has 0 aliphatic rings. The zero-order chi connectivity index (χ0) is 16.5. The first kappa shape index (κ1) is 16.5. The van der Waals surface area contributed by atoms with Crippen LogP contribution in [0.4, 0.5) is 0 Å². The number of hydrogen-bond acceptors (Lipinski definition) is 5. The molecule has 0 amide bonds. The number of carbonyl (C=O) groups excluding carboxylic acids is 2. The van der Waals surface area contributed by atoms with E-state index < -0.39 is 5.97 Å². The summed E-state index contributed by atoms with van der Waals surface area (Å²) >= 11 is 0. The lowest BCUT2D eigenvalue weighted by Gasteiger charge is -2.11. The van der Waals surface area contributed by atoms with Crippen LogP contribution < -0.4 is 14.2 Å². The first-order valence-corrected chi connectivity index (χ1v) is 7.25. The van der Waals surface area contributed by atoms with Crippen molar-refractivity contribution in [1.29, 1.82) is 0 Å². The summed E-state index contributed by atoms with van der Waals surface area (Å²) in [5.41, 5.74) is 0.276. The Morgan fingerprint density at radius 1 is 1.09 bits per heavy atom. The van der Waals surface area contributed by atoms with E-state index in [9.17, 15) is 9.59 Å². The van der Waals surface area contributed by atoms with Crippen molar-refractivity contribution in [2.45, 2.75) is 12.8 Å². The molecule has 5 nitrogen and oxygen atoms in total. The molecule has 0 spiro atoms. The predicted octanol–water partition coefficient (Wildman–Crippen LogP) is 3.27. The Morgan fingerprint density at radius 2 is 1.87 bits per heavy atom. The molecular weight excluding hydrogens is 296 g/mol. The molecule has 0 bridgehead atoms. The van der Waals surface area contributed by atoms with E-state index >= 15 is 0 Å². The quantitative estimate of drug-likeness (QED) is 0.324. The van der Waals surface area contributed by atoms with Crippen molar-refractivity contribution in [1.82, 2.24) is 0 Å². The highest BCUT2D eigenvalue weighted by Crippen LogP contribution is 2.30. The zero-order valence-electron chi connectivity index (χ0n) is 12.9. The summed E-state index contributed by atoms with van der Waals surface area (Å²) in [7, 11) is 1.45. The van der Waals surface area contributed by atoms with Crippen LogP contribution in [0.1, 0.15) is 23.2 Å². The summed E-state index contributed by atoms with van der Waals surface area (Å²) in [5, 5.41) is 0. The van der Waals surface area contributed by atoms with E-state index in [-0.39, 0.29) is 17.7 Å². The molecule has 0 aliphatic heterocycles. The van der Waals surface area contributed by atoms with Gasteiger partial charge in [-0.15, -0.1) is 0 Å². The molecule has 0 unspecified atom stereocenters. The summed E-state index contributed by atoms with van der Waals surface area (Å²) < 4.78 is 15.9. The minimum absolute atomic E-state index is 0.152. The van der Waals surface area contributed by atoms with E-state index in [1.807, 2.05) is 30.3 Å². The summed E-state index contributed by atoms with van der Waals surface area (Å²) in [4.78, 5) is 22.9. The van der Waals surface area contributed by atoms with Gasteiger partial charge in [-0.1, -0.05) is 24.3 Å². The van der Waals surface area contributed by atoms with Gasteiger partial charge in [-0.2, -0.15) is 0 Å². The SMILES string of the molecule is COc1cccc(C=O)c1OC(=O)CCCOc1ccccc1. The Balaban J connectivity index is 1.84. The van der Waals surface area contributed by atoms with Gasteiger partial charge in [-0.05, 0) is 30.7 Å². The fourth-order valence-corrected chi connectivity index (χ4v) is 1.98. The highest BCUT2D eigenvalue weighted by Gasteiger charge is 2.14. The van der Waals surface area contributed by atoms with Crippen LogP contribution in [0.15, 0.2) is 48.5 Å². The second kappa shape index (κ2) is 8.58. The summed E-state index contributed by atoms with van der Waals surface area (Å²) in [5.74, 6) is 0.825. The fourth-order valence-electron chi connectivity index (χ4n) is 1.98. The molecule has 0 saturated carbocycles. The summed E-state index contributed by atoms with van der Waals surface area (Å²) in [6, 6.07) is 14.2. The third-order valence-electron chi connectivity index (χ3n) is 3.11. The van der Waals surface area contributed by atoms with Crippen LogP contribution in [0.3, 0.4) is 0 Å². The topological polar surface area (TPSA) is 61.8 Å². The Bertz CT molecular complexity index is 652. The van der Waals surface area contributed by atoms with Gasteiger partial charge in [0.1, 0.15) is 5.75 Å². The minimum atomic E-state index is -0.436. The Morgan fingerprint density at radius 3 is 2.57 bits per heavy atom. The van der Waals surface area contributed by atoms with Crippen LogP contribution in [-0.2, 0) is 4.79 Å². The van der Waals surface area contributed by atoms with Crippen LogP contribution in [0.2, 0.25) is 0 Å². The second-order valence-electron chi connectivity index (χ2n) is 4.74. The average molecular weight is 314 g/mol. The number of rotatable bonds is 8. The molecule has 0 N–H and O–H groups in total. The van der Waals surface area contributed by atoms with Gasteiger partial charge in [-0.25, -0.2) is 0 Å². The highest BCUT2D eigenvalue weighted by molar-refractivity contribution is 5.84. The van der Waals surface area contributed by atoms with Gasteiger partial charge in [-0.3, -0.25) is 9.59 Å². The molecule has 0 atom stereocenters. The van der Waals surface area contributed by atoms with Crippen molar-refractivity contribution < 1.29 is 23.8 Å². The van der Waals surface area contributed by atoms with Crippen molar-refractivity contribution in [2.75, 3.05) is 13.7 Å². The number of para-hydroxylation sites is 2. The lowest BCUT2D eigenvalue weighted by molar-refractivity contribution is -0.134. The largest absolute Gasteiger partial charge is 0.494 e. The Hall–Kier alpha value is -2.82. The maximum absolute atomic E-state index is 11.9. The third-order valence-corrected chi connectivity index (χ3v) is 3.11. The molecule has 2 aromatic carbocycles. The lowest BCUT2D eigenvalue weighted by Crippen LogP contribution is -2.11. The third kappa shape index (κ3) is 4.85. The maximum atomic E-state index is 11.9. The molecular formula is C18H18O5. The van der Waals surface area contributed by atoms with Crippen LogP contribution in [0, 0.1) is 0 Å². The van der Waals surface area contributed by atoms with E-state index in [1.54, 1.807) is 18.2 Å². The number of esters is 1. The molecule has 0 radical (unpaired) electrons. The molecule has 2 rings (SSSR count). The molecule has 0 fully saturated rings. The molecule has 0 aliphatic carbocycles. The van der Waals surface area contributed by atoms with E-state index in [2.05, 4.69) is 0 Å². The van der Waals surface area contributed by atoms with Crippen LogP contribution >= 0.6 is 0 Å². The van der Waals surface area contributed by atoms with E-state index in [0.29, 0.717) is 25.1 Å². The number of benzene rings is 2. The van der Waals surface area contributed by atoms with Crippen molar-refractivity contribution in [2.24, 2.45) is 0 Å². The molecule has 0 heterocycles. The van der Waals surface area contributed by atoms with Crippen molar-refractivity contribution in [3.63, 3.8) is 0 Å². The van der Waals surface area contributed by atoms with Gasteiger partial charge < -0.3 is 14.2 Å². The number of aldehydes is 1. The smallest absolute Gasteiger partial charge is 0.311 e. The predicted molar refractivity (Wildman–Crippen MR) is 85.2 cm³/mol. The van der Waals surface area contributed by atoms with Crippen molar-refractivity contribution >= 4 is 12.3 Å². The Kier molecular flexibility index (Phi) is 6.17. The number of ether oxygens (including phenoxy) is 3. The number of hydrogen-bond donors (Lipinski definition) is 0. The van der Waals surface area contributed by atoms with Gasteiger partial charge in [0.05, 0.1) is 19.3 Å². The zero-order valence-corrected chi connectivity index (χ0v) is 12.9. The van der Waals surface area contributed by atoms with E-state index in [0.717, 1.165) is 5.75 Å². The first-order valence-electron chi connectivity index (χ1n) is 7.25. The van der Waals surface area contributed by atoms with Gasteiger partial charge in [0, 0.05) is 6.42 Å². The summed E-state index contributed by atoms with van der Waals surface area (Å²) in [6.45, 7) is 0.408. The Labute approximate surface area is 134 Å². The van der Waals surface area contributed by atoms with Gasteiger partial charge in [0.25, 0.3) is 0 Å². The van der Waals surface area contributed by atoms with Gasteiger partial charge >= 0.3 is 5.97 Å². The number of methoxy groups -OCH3 is 1. The number of carbonyl (C=O) groups is 2. The molecule has 0 saturated heterocycles. The molecule has 120 valence electrons. The van der Waals surface area contributed by atoms with E-state index in [4.69, 9.17) is 14.2 Å². The first-order chi connectivity index (χ1) is 11.2. The monoisotopic (exact) mass is 314 g/mol. The molecule has 23 heavy (non-hydrogen) atoms. The van der Waals surface area contributed by atoms with Gasteiger partial charge in [0.2, 0.25) is 0 Å². The normalized spacial score (nSPS) is 9.96. The second-order valence-corrected chi connectivity index (χ2v) is 4.74. The minimum Gasteiger partial charge on any atom is -0.494 e. The van der Waals surface area contributed by atoms with Crippen molar-refractivity contribution in [3.05, 3.63) is 54.1 Å². The highest BCUT2D eigenvalue weighted by atomic mass is 16.6. The average Bonchev–Trinajstić information content (AvgIpc) is 2.60. The molecule has 2 aromatic rings. The maximum Gasteiger partial charge on any atom is 0.311 e. The van der Waals surface area contributed by atoms with Crippen LogP contribution in [-0.4, -0.2) is 26.0 Å². The van der Waals surface area contributed by atoms with Crippen LogP contribution in [0.5, 0.6) is 17.2 Å². The van der Waals surface area contributed by atoms with Gasteiger partial charge in [0.15, 0.2) is 17.8 Å². The molecule has 0 aromatic heterocycles. The van der Waals surface area contributed by atoms with Crippen LogP contribution in [0.25, 0.3) is 0 Å². The molecule has 5 heteroatoms. The lowest BCUT2D eigenvalue weighted by atomic mass is 10.2. The fraction of sp³-hybridized carbons (Fsp3) is 0.222. The summed E-state index contributed by atoms with van der Waals surface area (Å²) in [6.07, 6.45) is 1.33.